The van der Waals surface area contributed by atoms with E-state index in [1.54, 1.807) is 19.3 Å². The molecule has 0 aromatic carbocycles. The number of carbonyl (C=O) groups excluding carboxylic acids is 1. The van der Waals surface area contributed by atoms with Crippen molar-refractivity contribution >= 4 is 17.3 Å². The summed E-state index contributed by atoms with van der Waals surface area (Å²) in [5.74, 6) is 0.148. The standard InChI is InChI=1S/C12H18N4O/c1-10(17)15-5-2-6-16(8-7-15)12-3-4-14-9-11(12)13/h3-4,9H,2,5-8,13H2,1H3. The van der Waals surface area contributed by atoms with Crippen LogP contribution in [0.5, 0.6) is 0 Å². The minimum atomic E-state index is 0.148. The monoisotopic (exact) mass is 234 g/mol. The normalized spacial score (nSPS) is 16.8. The van der Waals surface area contributed by atoms with Gasteiger partial charge in [-0.2, -0.15) is 0 Å². The Morgan fingerprint density at radius 1 is 1.35 bits per heavy atom. The van der Waals surface area contributed by atoms with Crippen LogP contribution in [0.2, 0.25) is 0 Å². The Hall–Kier alpha value is -1.78. The van der Waals surface area contributed by atoms with Gasteiger partial charge >= 0.3 is 0 Å². The Labute approximate surface area is 101 Å². The molecule has 0 bridgehead atoms. The van der Waals surface area contributed by atoms with E-state index < -0.39 is 0 Å². The summed E-state index contributed by atoms with van der Waals surface area (Å²) in [4.78, 5) is 19.4. The maximum absolute atomic E-state index is 11.3. The lowest BCUT2D eigenvalue weighted by molar-refractivity contribution is -0.128. The maximum atomic E-state index is 11.3. The van der Waals surface area contributed by atoms with Crippen LogP contribution in [0.1, 0.15) is 13.3 Å². The van der Waals surface area contributed by atoms with Gasteiger partial charge in [0.2, 0.25) is 5.91 Å². The quantitative estimate of drug-likeness (QED) is 0.778. The fourth-order valence-electron chi connectivity index (χ4n) is 2.16. The van der Waals surface area contributed by atoms with Gasteiger partial charge < -0.3 is 15.5 Å². The highest BCUT2D eigenvalue weighted by Crippen LogP contribution is 2.22. The van der Waals surface area contributed by atoms with Gasteiger partial charge in [-0.05, 0) is 12.5 Å². The third kappa shape index (κ3) is 2.67. The third-order valence-electron chi connectivity index (χ3n) is 3.11. The van der Waals surface area contributed by atoms with Crippen LogP contribution in [0, 0.1) is 0 Å². The van der Waals surface area contributed by atoms with E-state index in [4.69, 9.17) is 5.73 Å². The van der Waals surface area contributed by atoms with Crippen LogP contribution in [0.25, 0.3) is 0 Å². The van der Waals surface area contributed by atoms with Crippen molar-refractivity contribution in [3.8, 4) is 0 Å². The summed E-state index contributed by atoms with van der Waals surface area (Å²) in [7, 11) is 0. The number of nitrogen functional groups attached to an aromatic ring is 1. The van der Waals surface area contributed by atoms with Gasteiger partial charge in [-0.1, -0.05) is 0 Å². The number of hydrogen-bond donors (Lipinski definition) is 1. The molecule has 0 saturated carbocycles. The van der Waals surface area contributed by atoms with Crippen LogP contribution in [-0.2, 0) is 4.79 Å². The molecule has 5 heteroatoms. The zero-order chi connectivity index (χ0) is 12.3. The molecule has 1 aliphatic rings. The summed E-state index contributed by atoms with van der Waals surface area (Å²) in [6.07, 6.45) is 4.39. The first kappa shape index (κ1) is 11.7. The average Bonchev–Trinajstić information content (AvgIpc) is 2.55. The van der Waals surface area contributed by atoms with Gasteiger partial charge in [0.15, 0.2) is 0 Å². The van der Waals surface area contributed by atoms with Gasteiger partial charge in [0, 0.05) is 39.3 Å². The van der Waals surface area contributed by atoms with Crippen LogP contribution in [0.4, 0.5) is 11.4 Å². The van der Waals surface area contributed by atoms with Gasteiger partial charge in [0.05, 0.1) is 17.6 Å². The van der Waals surface area contributed by atoms with E-state index >= 15 is 0 Å². The molecule has 1 aromatic rings. The lowest BCUT2D eigenvalue weighted by atomic mass is 10.3. The van der Waals surface area contributed by atoms with Gasteiger partial charge in [-0.25, -0.2) is 0 Å². The Balaban J connectivity index is 2.09. The Morgan fingerprint density at radius 3 is 2.88 bits per heavy atom. The summed E-state index contributed by atoms with van der Waals surface area (Å²) < 4.78 is 0. The van der Waals surface area contributed by atoms with Crippen LogP contribution < -0.4 is 10.6 Å². The molecule has 92 valence electrons. The van der Waals surface area contributed by atoms with E-state index in [0.717, 1.165) is 38.3 Å². The van der Waals surface area contributed by atoms with Crippen molar-refractivity contribution in [3.63, 3.8) is 0 Å². The molecule has 17 heavy (non-hydrogen) atoms. The highest BCUT2D eigenvalue weighted by molar-refractivity contribution is 5.73. The largest absolute Gasteiger partial charge is 0.396 e. The smallest absolute Gasteiger partial charge is 0.219 e. The molecule has 1 amide bonds. The van der Waals surface area contributed by atoms with Crippen molar-refractivity contribution in [2.24, 2.45) is 0 Å². The van der Waals surface area contributed by atoms with Crippen LogP contribution in [-0.4, -0.2) is 42.0 Å². The van der Waals surface area contributed by atoms with Crippen LogP contribution >= 0.6 is 0 Å². The fourth-order valence-corrected chi connectivity index (χ4v) is 2.16. The first-order valence-electron chi connectivity index (χ1n) is 5.88. The number of carbonyl (C=O) groups is 1. The molecule has 1 fully saturated rings. The van der Waals surface area contributed by atoms with Crippen molar-refractivity contribution in [3.05, 3.63) is 18.5 Å². The molecule has 1 aliphatic heterocycles. The summed E-state index contributed by atoms with van der Waals surface area (Å²) >= 11 is 0. The van der Waals surface area contributed by atoms with Crippen molar-refractivity contribution in [2.75, 3.05) is 36.8 Å². The molecule has 0 radical (unpaired) electrons. The van der Waals surface area contributed by atoms with E-state index in [-0.39, 0.29) is 5.91 Å². The highest BCUT2D eigenvalue weighted by atomic mass is 16.2. The van der Waals surface area contributed by atoms with Crippen molar-refractivity contribution in [1.82, 2.24) is 9.88 Å². The van der Waals surface area contributed by atoms with Gasteiger partial charge in [0.1, 0.15) is 0 Å². The lowest BCUT2D eigenvalue weighted by Gasteiger charge is -2.24. The SMILES string of the molecule is CC(=O)N1CCCN(c2ccncc2N)CC1. The molecular formula is C12H18N4O. The zero-order valence-corrected chi connectivity index (χ0v) is 10.1. The van der Waals surface area contributed by atoms with Crippen LogP contribution in [0.3, 0.4) is 0 Å². The predicted molar refractivity (Wildman–Crippen MR) is 67.7 cm³/mol. The summed E-state index contributed by atoms with van der Waals surface area (Å²) in [5, 5.41) is 0. The number of aromatic nitrogens is 1. The summed E-state index contributed by atoms with van der Waals surface area (Å²) in [6, 6.07) is 1.93. The molecule has 2 N–H and O–H groups in total. The third-order valence-corrected chi connectivity index (χ3v) is 3.11. The summed E-state index contributed by atoms with van der Waals surface area (Å²) in [6.45, 7) is 4.97. The predicted octanol–water partition coefficient (Wildman–Crippen LogP) is 0.722. The topological polar surface area (TPSA) is 62.5 Å². The Bertz CT molecular complexity index is 407. The molecule has 1 saturated heterocycles. The molecule has 0 spiro atoms. The van der Waals surface area contributed by atoms with Gasteiger partial charge in [0.25, 0.3) is 0 Å². The van der Waals surface area contributed by atoms with E-state index in [1.807, 2.05) is 11.0 Å². The van der Waals surface area contributed by atoms with Crippen LogP contribution in [0.15, 0.2) is 18.5 Å². The minimum absolute atomic E-state index is 0.148. The van der Waals surface area contributed by atoms with Crippen molar-refractivity contribution < 1.29 is 4.79 Å². The van der Waals surface area contributed by atoms with Gasteiger partial charge in [-0.15, -0.1) is 0 Å². The van der Waals surface area contributed by atoms with Gasteiger partial charge in [-0.3, -0.25) is 9.78 Å². The Morgan fingerprint density at radius 2 is 2.18 bits per heavy atom. The lowest BCUT2D eigenvalue weighted by Crippen LogP contribution is -2.33. The molecule has 0 aliphatic carbocycles. The molecular weight excluding hydrogens is 216 g/mol. The molecule has 0 atom stereocenters. The first-order valence-corrected chi connectivity index (χ1v) is 5.88. The number of nitrogens with zero attached hydrogens (tertiary/aromatic N) is 3. The van der Waals surface area contributed by atoms with Crippen molar-refractivity contribution in [1.29, 1.82) is 0 Å². The number of hydrogen-bond acceptors (Lipinski definition) is 4. The second-order valence-electron chi connectivity index (χ2n) is 4.28. The van der Waals surface area contributed by atoms with E-state index in [2.05, 4.69) is 9.88 Å². The van der Waals surface area contributed by atoms with Crippen molar-refractivity contribution in [2.45, 2.75) is 13.3 Å². The second-order valence-corrected chi connectivity index (χ2v) is 4.28. The molecule has 1 aromatic heterocycles. The number of nitrogens with two attached hydrogens (primary N) is 1. The van der Waals surface area contributed by atoms with E-state index in [1.165, 1.54) is 0 Å². The first-order chi connectivity index (χ1) is 8.18. The molecule has 2 heterocycles. The number of anilines is 2. The number of rotatable bonds is 1. The maximum Gasteiger partial charge on any atom is 0.219 e. The second kappa shape index (κ2) is 5.03. The molecule has 5 nitrogen and oxygen atoms in total. The highest BCUT2D eigenvalue weighted by Gasteiger charge is 2.17. The fraction of sp³-hybridized carbons (Fsp3) is 0.500. The average molecular weight is 234 g/mol. The summed E-state index contributed by atoms with van der Waals surface area (Å²) in [5.41, 5.74) is 7.63. The Kier molecular flexibility index (Phi) is 3.46. The molecule has 0 unspecified atom stereocenters. The molecule has 2 rings (SSSR count). The zero-order valence-electron chi connectivity index (χ0n) is 10.1. The minimum Gasteiger partial charge on any atom is -0.396 e. The van der Waals surface area contributed by atoms with E-state index in [9.17, 15) is 4.79 Å². The van der Waals surface area contributed by atoms with E-state index in [0.29, 0.717) is 5.69 Å². The number of amides is 1. The number of pyridine rings is 1.